The van der Waals surface area contributed by atoms with Gasteiger partial charge in [0.15, 0.2) is 0 Å². The van der Waals surface area contributed by atoms with Gasteiger partial charge in [-0.15, -0.1) is 0 Å². The molecule has 0 spiro atoms. The predicted octanol–water partition coefficient (Wildman–Crippen LogP) is 1.31. The van der Waals surface area contributed by atoms with Crippen molar-refractivity contribution in [3.8, 4) is 0 Å². The lowest BCUT2D eigenvalue weighted by Crippen LogP contribution is -2.38. The largest absolute Gasteiger partial charge is 0.381 e. The van der Waals surface area contributed by atoms with Crippen molar-refractivity contribution >= 4 is 6.03 Å². The van der Waals surface area contributed by atoms with Gasteiger partial charge in [0.25, 0.3) is 0 Å². The van der Waals surface area contributed by atoms with E-state index in [1.165, 1.54) is 0 Å². The van der Waals surface area contributed by atoms with Crippen molar-refractivity contribution in [1.29, 1.82) is 0 Å². The molecule has 0 unspecified atom stereocenters. The fourth-order valence-corrected chi connectivity index (χ4v) is 2.29. The number of rotatable bonds is 7. The van der Waals surface area contributed by atoms with Crippen LogP contribution in [0, 0.1) is 12.8 Å². The number of carbonyl (C=O) groups excluding carboxylic acids is 1. The van der Waals surface area contributed by atoms with Gasteiger partial charge in [-0.1, -0.05) is 0 Å². The molecule has 0 radical (unpaired) electrons. The zero-order valence-corrected chi connectivity index (χ0v) is 12.1. The third-order valence-corrected chi connectivity index (χ3v) is 3.61. The Morgan fingerprint density at radius 3 is 3.10 bits per heavy atom. The van der Waals surface area contributed by atoms with E-state index in [0.29, 0.717) is 19.0 Å². The monoisotopic (exact) mass is 280 g/mol. The lowest BCUT2D eigenvalue weighted by atomic mass is 10.1. The summed E-state index contributed by atoms with van der Waals surface area (Å²) < 4.78 is 7.39. The topological polar surface area (TPSA) is 68.2 Å². The SMILES string of the molecule is Cc1nccn1CCCCNC(=O)NC[C@@H]1CCOC1. The van der Waals surface area contributed by atoms with Crippen LogP contribution in [0.4, 0.5) is 4.79 Å². The first-order chi connectivity index (χ1) is 9.75. The Labute approximate surface area is 119 Å². The van der Waals surface area contributed by atoms with E-state index in [-0.39, 0.29) is 6.03 Å². The van der Waals surface area contributed by atoms with E-state index >= 15 is 0 Å². The Kier molecular flexibility index (Phi) is 5.86. The maximum Gasteiger partial charge on any atom is 0.314 e. The number of unbranched alkanes of at least 4 members (excludes halogenated alkanes) is 1. The number of ether oxygens (including phenoxy) is 1. The summed E-state index contributed by atoms with van der Waals surface area (Å²) in [6.07, 6.45) is 6.85. The Morgan fingerprint density at radius 2 is 2.40 bits per heavy atom. The molecule has 112 valence electrons. The molecule has 0 bridgehead atoms. The Balaban J connectivity index is 1.48. The van der Waals surface area contributed by atoms with Crippen molar-refractivity contribution in [1.82, 2.24) is 20.2 Å². The molecule has 1 aromatic heterocycles. The van der Waals surface area contributed by atoms with Gasteiger partial charge < -0.3 is 19.9 Å². The normalized spacial score (nSPS) is 18.1. The average molecular weight is 280 g/mol. The van der Waals surface area contributed by atoms with Gasteiger partial charge in [-0.25, -0.2) is 9.78 Å². The summed E-state index contributed by atoms with van der Waals surface area (Å²) in [4.78, 5) is 15.7. The highest BCUT2D eigenvalue weighted by atomic mass is 16.5. The van der Waals surface area contributed by atoms with Crippen molar-refractivity contribution in [2.45, 2.75) is 32.7 Å². The zero-order valence-electron chi connectivity index (χ0n) is 12.1. The number of hydrogen-bond donors (Lipinski definition) is 2. The molecule has 6 heteroatoms. The van der Waals surface area contributed by atoms with Gasteiger partial charge in [0.2, 0.25) is 0 Å². The molecule has 2 rings (SSSR count). The van der Waals surface area contributed by atoms with Crippen LogP contribution in [0.1, 0.15) is 25.1 Å². The highest BCUT2D eigenvalue weighted by molar-refractivity contribution is 5.73. The number of aryl methyl sites for hydroxylation is 2. The van der Waals surface area contributed by atoms with Gasteiger partial charge in [-0.3, -0.25) is 0 Å². The van der Waals surface area contributed by atoms with E-state index in [9.17, 15) is 4.79 Å². The minimum Gasteiger partial charge on any atom is -0.381 e. The first-order valence-electron chi connectivity index (χ1n) is 7.33. The molecule has 1 fully saturated rings. The van der Waals surface area contributed by atoms with Crippen LogP contribution in [0.5, 0.6) is 0 Å². The number of nitrogens with zero attached hydrogens (tertiary/aromatic N) is 2. The van der Waals surface area contributed by atoms with Crippen molar-refractivity contribution in [2.24, 2.45) is 5.92 Å². The fraction of sp³-hybridized carbons (Fsp3) is 0.714. The molecule has 1 saturated heterocycles. The first-order valence-corrected chi connectivity index (χ1v) is 7.33. The standard InChI is InChI=1S/C14H24N4O2/c1-12-15-6-8-18(12)7-3-2-5-16-14(19)17-10-13-4-9-20-11-13/h6,8,13H,2-5,7,9-11H2,1H3,(H2,16,17,19)/t13-/m0/s1. The lowest BCUT2D eigenvalue weighted by molar-refractivity contribution is 0.185. The van der Waals surface area contributed by atoms with Gasteiger partial charge in [0, 0.05) is 44.6 Å². The predicted molar refractivity (Wildman–Crippen MR) is 76.5 cm³/mol. The maximum absolute atomic E-state index is 11.6. The summed E-state index contributed by atoms with van der Waals surface area (Å²) in [5.41, 5.74) is 0. The second kappa shape index (κ2) is 7.89. The van der Waals surface area contributed by atoms with Gasteiger partial charge >= 0.3 is 6.03 Å². The molecule has 2 heterocycles. The number of amides is 2. The number of carbonyl (C=O) groups is 1. The number of imidazole rings is 1. The molecular weight excluding hydrogens is 256 g/mol. The van der Waals surface area contributed by atoms with Crippen molar-refractivity contribution in [3.63, 3.8) is 0 Å². The molecule has 1 atom stereocenters. The molecule has 20 heavy (non-hydrogen) atoms. The smallest absolute Gasteiger partial charge is 0.314 e. The third-order valence-electron chi connectivity index (χ3n) is 3.61. The van der Waals surface area contributed by atoms with Crippen LogP contribution >= 0.6 is 0 Å². The highest BCUT2D eigenvalue weighted by Crippen LogP contribution is 2.10. The van der Waals surface area contributed by atoms with Crippen LogP contribution < -0.4 is 10.6 Å². The van der Waals surface area contributed by atoms with E-state index < -0.39 is 0 Å². The van der Waals surface area contributed by atoms with E-state index in [4.69, 9.17) is 4.74 Å². The summed E-state index contributed by atoms with van der Waals surface area (Å²) in [6, 6.07) is -0.0734. The highest BCUT2D eigenvalue weighted by Gasteiger charge is 2.15. The average Bonchev–Trinajstić information content (AvgIpc) is 3.08. The Hall–Kier alpha value is -1.56. The van der Waals surface area contributed by atoms with Gasteiger partial charge in [0.05, 0.1) is 6.61 Å². The number of nitrogens with one attached hydrogen (secondary N) is 2. The summed E-state index contributed by atoms with van der Waals surface area (Å²) in [5, 5.41) is 5.78. The molecule has 2 N–H and O–H groups in total. The molecule has 1 aliphatic rings. The maximum atomic E-state index is 11.6. The number of hydrogen-bond acceptors (Lipinski definition) is 3. The van der Waals surface area contributed by atoms with Gasteiger partial charge in [-0.2, -0.15) is 0 Å². The third kappa shape index (κ3) is 4.85. The number of aromatic nitrogens is 2. The van der Waals surface area contributed by atoms with Crippen molar-refractivity contribution in [2.75, 3.05) is 26.3 Å². The molecule has 1 aromatic rings. The van der Waals surface area contributed by atoms with Crippen molar-refractivity contribution in [3.05, 3.63) is 18.2 Å². The van der Waals surface area contributed by atoms with Crippen molar-refractivity contribution < 1.29 is 9.53 Å². The summed E-state index contributed by atoms with van der Waals surface area (Å²) in [5.74, 6) is 1.51. The van der Waals surface area contributed by atoms with Crippen LogP contribution in [-0.2, 0) is 11.3 Å². The molecule has 6 nitrogen and oxygen atoms in total. The summed E-state index contributed by atoms with van der Waals surface area (Å²) in [6.45, 7) is 5.96. The second-order valence-electron chi connectivity index (χ2n) is 5.24. The second-order valence-corrected chi connectivity index (χ2v) is 5.24. The molecule has 0 aromatic carbocycles. The van der Waals surface area contributed by atoms with Crippen LogP contribution in [0.2, 0.25) is 0 Å². The van der Waals surface area contributed by atoms with E-state index in [0.717, 1.165) is 44.8 Å². The van der Waals surface area contributed by atoms with Crippen LogP contribution in [0.15, 0.2) is 12.4 Å². The van der Waals surface area contributed by atoms with Crippen LogP contribution in [0.25, 0.3) is 0 Å². The minimum atomic E-state index is -0.0734. The minimum absolute atomic E-state index is 0.0734. The van der Waals surface area contributed by atoms with E-state index in [1.807, 2.05) is 19.3 Å². The van der Waals surface area contributed by atoms with E-state index in [2.05, 4.69) is 20.2 Å². The quantitative estimate of drug-likeness (QED) is 0.740. The Morgan fingerprint density at radius 1 is 1.50 bits per heavy atom. The van der Waals surface area contributed by atoms with E-state index in [1.54, 1.807) is 0 Å². The molecule has 0 aliphatic carbocycles. The number of urea groups is 1. The van der Waals surface area contributed by atoms with Gasteiger partial charge in [0.1, 0.15) is 5.82 Å². The summed E-state index contributed by atoms with van der Waals surface area (Å²) in [7, 11) is 0. The molecule has 1 aliphatic heterocycles. The summed E-state index contributed by atoms with van der Waals surface area (Å²) >= 11 is 0. The first kappa shape index (κ1) is 14.8. The van der Waals surface area contributed by atoms with Crippen LogP contribution in [0.3, 0.4) is 0 Å². The lowest BCUT2D eigenvalue weighted by Gasteiger charge is -2.11. The zero-order chi connectivity index (χ0) is 14.2. The molecule has 2 amide bonds. The molecule has 0 saturated carbocycles. The Bertz CT molecular complexity index is 413. The van der Waals surface area contributed by atoms with Gasteiger partial charge in [-0.05, 0) is 26.2 Å². The fourth-order valence-electron chi connectivity index (χ4n) is 2.29. The molecular formula is C14H24N4O2. The van der Waals surface area contributed by atoms with Crippen LogP contribution in [-0.4, -0.2) is 41.9 Å².